The van der Waals surface area contributed by atoms with Gasteiger partial charge in [0.2, 0.25) is 0 Å². The highest BCUT2D eigenvalue weighted by molar-refractivity contribution is 5.70. The van der Waals surface area contributed by atoms with E-state index < -0.39 is 37.0 Å². The van der Waals surface area contributed by atoms with Gasteiger partial charge in [0.1, 0.15) is 18.3 Å². The molecule has 0 aromatic carbocycles. The number of ether oxygens (including phenoxy) is 1. The van der Waals surface area contributed by atoms with Crippen LogP contribution in [0.3, 0.4) is 0 Å². The quantitative estimate of drug-likeness (QED) is 0.282. The molecule has 0 aromatic rings. The Hall–Kier alpha value is -1.02. The van der Waals surface area contributed by atoms with Gasteiger partial charge in [-0.25, -0.2) is 0 Å². The average Bonchev–Trinajstić information content (AvgIpc) is 2.22. The van der Waals surface area contributed by atoms with E-state index in [-0.39, 0.29) is 6.29 Å². The maximum atomic E-state index is 10.5. The second kappa shape index (κ2) is 6.46. The van der Waals surface area contributed by atoms with Gasteiger partial charge in [0.15, 0.2) is 12.4 Å². The van der Waals surface area contributed by atoms with E-state index in [4.69, 9.17) is 10.2 Å². The summed E-state index contributed by atoms with van der Waals surface area (Å²) in [4.78, 5) is 20.9. The highest BCUT2D eigenvalue weighted by Gasteiger charge is 2.32. The molecular formula is C8H14O7. The molecule has 0 spiro atoms. The molecule has 4 atom stereocenters. The van der Waals surface area contributed by atoms with Crippen LogP contribution in [0.5, 0.6) is 0 Å². The van der Waals surface area contributed by atoms with Gasteiger partial charge in [-0.3, -0.25) is 9.59 Å². The second-order valence-corrected chi connectivity index (χ2v) is 2.94. The number of carbonyl (C=O) groups is 2. The first kappa shape index (κ1) is 14.0. The lowest BCUT2D eigenvalue weighted by molar-refractivity contribution is -0.166. The van der Waals surface area contributed by atoms with E-state index >= 15 is 0 Å². The first-order valence-electron chi connectivity index (χ1n) is 4.21. The Balaban J connectivity index is 4.42. The van der Waals surface area contributed by atoms with Crippen molar-refractivity contribution < 1.29 is 34.8 Å². The average molecular weight is 222 g/mol. The molecule has 88 valence electrons. The maximum absolute atomic E-state index is 10.5. The van der Waals surface area contributed by atoms with E-state index in [0.717, 1.165) is 6.92 Å². The van der Waals surface area contributed by atoms with Crippen LogP contribution >= 0.6 is 0 Å². The number of aldehydes is 1. The molecule has 0 unspecified atom stereocenters. The molecule has 4 N–H and O–H groups in total. The third-order valence-electron chi connectivity index (χ3n) is 1.70. The standard InChI is InChI=1S/C8H14O7/c1-4(11)15-6(3-10)8(14)7(13)5(12)2-9/h3,5-9,12-14H,2H2,1H3/t5-,6+,7-,8-/m1/s1. The molecule has 0 aliphatic rings. The van der Waals surface area contributed by atoms with Crippen molar-refractivity contribution in [2.24, 2.45) is 0 Å². The van der Waals surface area contributed by atoms with Gasteiger partial charge < -0.3 is 25.2 Å². The fourth-order valence-corrected chi connectivity index (χ4v) is 0.900. The molecule has 0 rings (SSSR count). The summed E-state index contributed by atoms with van der Waals surface area (Å²) in [5.74, 6) is -0.808. The van der Waals surface area contributed by atoms with Gasteiger partial charge in [0, 0.05) is 6.92 Å². The number of aliphatic hydroxyl groups excluding tert-OH is 4. The normalized spacial score (nSPS) is 18.7. The fourth-order valence-electron chi connectivity index (χ4n) is 0.900. The van der Waals surface area contributed by atoms with Crippen LogP contribution in [0.1, 0.15) is 6.92 Å². The van der Waals surface area contributed by atoms with Crippen molar-refractivity contribution >= 4 is 12.3 Å². The molecular weight excluding hydrogens is 208 g/mol. The van der Waals surface area contributed by atoms with Crippen molar-refractivity contribution in [1.82, 2.24) is 0 Å². The first-order chi connectivity index (χ1) is 6.93. The zero-order valence-electron chi connectivity index (χ0n) is 8.11. The molecule has 15 heavy (non-hydrogen) atoms. The summed E-state index contributed by atoms with van der Waals surface area (Å²) in [7, 11) is 0. The van der Waals surface area contributed by atoms with Crippen LogP contribution in [0.25, 0.3) is 0 Å². The fraction of sp³-hybridized carbons (Fsp3) is 0.750. The van der Waals surface area contributed by atoms with Gasteiger partial charge in [-0.1, -0.05) is 0 Å². The largest absolute Gasteiger partial charge is 0.452 e. The van der Waals surface area contributed by atoms with Crippen molar-refractivity contribution in [2.45, 2.75) is 31.3 Å². The zero-order chi connectivity index (χ0) is 12.0. The van der Waals surface area contributed by atoms with Crippen LogP contribution in [-0.4, -0.2) is 63.7 Å². The number of rotatable bonds is 6. The van der Waals surface area contributed by atoms with Gasteiger partial charge >= 0.3 is 5.97 Å². The summed E-state index contributed by atoms with van der Waals surface area (Å²) in [6, 6.07) is 0. The lowest BCUT2D eigenvalue weighted by Gasteiger charge is -2.24. The van der Waals surface area contributed by atoms with Crippen molar-refractivity contribution in [3.05, 3.63) is 0 Å². The highest BCUT2D eigenvalue weighted by Crippen LogP contribution is 2.06. The Morgan fingerprint density at radius 2 is 1.87 bits per heavy atom. The summed E-state index contributed by atoms with van der Waals surface area (Å²) in [6.45, 7) is 0.238. The van der Waals surface area contributed by atoms with Crippen molar-refractivity contribution in [2.75, 3.05) is 6.61 Å². The van der Waals surface area contributed by atoms with E-state index in [0.29, 0.717) is 0 Å². The van der Waals surface area contributed by atoms with E-state index in [1.807, 2.05) is 0 Å². The number of carbonyl (C=O) groups excluding carboxylic acids is 2. The Bertz CT molecular complexity index is 217. The third kappa shape index (κ3) is 4.34. The summed E-state index contributed by atoms with van der Waals surface area (Å²) in [5, 5.41) is 35.9. The minimum Gasteiger partial charge on any atom is -0.452 e. The van der Waals surface area contributed by atoms with Crippen LogP contribution in [-0.2, 0) is 14.3 Å². The second-order valence-electron chi connectivity index (χ2n) is 2.94. The summed E-state index contributed by atoms with van der Waals surface area (Å²) < 4.78 is 4.37. The molecule has 7 nitrogen and oxygen atoms in total. The first-order valence-corrected chi connectivity index (χ1v) is 4.21. The number of aliphatic hydroxyl groups is 4. The highest BCUT2D eigenvalue weighted by atomic mass is 16.6. The van der Waals surface area contributed by atoms with Gasteiger partial charge in [-0.05, 0) is 0 Å². The Morgan fingerprint density at radius 3 is 2.20 bits per heavy atom. The van der Waals surface area contributed by atoms with Gasteiger partial charge in [-0.15, -0.1) is 0 Å². The minimum atomic E-state index is -1.78. The van der Waals surface area contributed by atoms with Crippen molar-refractivity contribution in [1.29, 1.82) is 0 Å². The minimum absolute atomic E-state index is 0.124. The number of hydrogen-bond donors (Lipinski definition) is 4. The lowest BCUT2D eigenvalue weighted by atomic mass is 10.0. The SMILES string of the molecule is CC(=O)O[C@@H](C=O)[C@@H](O)[C@H](O)[C@H](O)CO. The Kier molecular flexibility index (Phi) is 6.02. The maximum Gasteiger partial charge on any atom is 0.303 e. The van der Waals surface area contributed by atoms with Crippen molar-refractivity contribution in [3.63, 3.8) is 0 Å². The van der Waals surface area contributed by atoms with Gasteiger partial charge in [-0.2, -0.15) is 0 Å². The molecule has 7 heteroatoms. The van der Waals surface area contributed by atoms with E-state index in [1.165, 1.54) is 0 Å². The summed E-state index contributed by atoms with van der Waals surface area (Å²) >= 11 is 0. The van der Waals surface area contributed by atoms with Crippen LogP contribution in [0.4, 0.5) is 0 Å². The molecule has 0 aliphatic heterocycles. The molecule has 0 saturated heterocycles. The molecule has 0 aliphatic carbocycles. The summed E-state index contributed by atoms with van der Waals surface area (Å²) in [6.07, 6.45) is -6.62. The Labute approximate surface area is 85.9 Å². The van der Waals surface area contributed by atoms with Gasteiger partial charge in [0.05, 0.1) is 6.61 Å². The monoisotopic (exact) mass is 222 g/mol. The van der Waals surface area contributed by atoms with E-state index in [1.54, 1.807) is 0 Å². The number of hydrogen-bond acceptors (Lipinski definition) is 7. The van der Waals surface area contributed by atoms with Crippen LogP contribution in [0, 0.1) is 0 Å². The van der Waals surface area contributed by atoms with Crippen LogP contribution < -0.4 is 0 Å². The topological polar surface area (TPSA) is 124 Å². The lowest BCUT2D eigenvalue weighted by Crippen LogP contribution is -2.47. The molecule has 0 heterocycles. The molecule has 0 amide bonds. The smallest absolute Gasteiger partial charge is 0.303 e. The van der Waals surface area contributed by atoms with E-state index in [2.05, 4.69) is 4.74 Å². The van der Waals surface area contributed by atoms with Gasteiger partial charge in [0.25, 0.3) is 0 Å². The Morgan fingerprint density at radius 1 is 1.33 bits per heavy atom. The van der Waals surface area contributed by atoms with Crippen molar-refractivity contribution in [3.8, 4) is 0 Å². The van der Waals surface area contributed by atoms with Crippen LogP contribution in [0.2, 0.25) is 0 Å². The summed E-state index contributed by atoms with van der Waals surface area (Å²) in [5.41, 5.74) is 0. The predicted molar refractivity (Wildman–Crippen MR) is 46.7 cm³/mol. The molecule has 0 bridgehead atoms. The molecule has 0 radical (unpaired) electrons. The zero-order valence-corrected chi connectivity index (χ0v) is 8.11. The predicted octanol–water partition coefficient (Wildman–Crippen LogP) is -2.81. The molecule has 0 saturated carbocycles. The number of esters is 1. The third-order valence-corrected chi connectivity index (χ3v) is 1.70. The van der Waals surface area contributed by atoms with Crippen LogP contribution in [0.15, 0.2) is 0 Å². The van der Waals surface area contributed by atoms with E-state index in [9.17, 15) is 19.8 Å². The molecule has 0 aromatic heterocycles. The molecule has 0 fully saturated rings.